The second-order valence-electron chi connectivity index (χ2n) is 6.38. The Balaban J connectivity index is 1.62. The minimum Gasteiger partial charge on any atom is -0.489 e. The lowest BCUT2D eigenvalue weighted by atomic mass is 10.0. The largest absolute Gasteiger partial charge is 0.489 e. The molecule has 1 fully saturated rings. The van der Waals surface area contributed by atoms with E-state index < -0.39 is 5.97 Å². The molecule has 1 unspecified atom stereocenters. The Kier molecular flexibility index (Phi) is 5.95. The molecule has 0 bridgehead atoms. The van der Waals surface area contributed by atoms with Crippen LogP contribution in [0.1, 0.15) is 30.4 Å². The molecule has 0 saturated carbocycles. The number of carboxylic acid groups (broad SMARTS) is 1. The van der Waals surface area contributed by atoms with Gasteiger partial charge in [-0.1, -0.05) is 42.3 Å². The van der Waals surface area contributed by atoms with E-state index in [-0.39, 0.29) is 6.04 Å². The van der Waals surface area contributed by atoms with E-state index >= 15 is 0 Å². The van der Waals surface area contributed by atoms with Gasteiger partial charge in [-0.15, -0.1) is 0 Å². The predicted molar refractivity (Wildman–Crippen MR) is 97.9 cm³/mol. The van der Waals surface area contributed by atoms with Crippen molar-refractivity contribution in [2.45, 2.75) is 38.5 Å². The normalized spacial score (nSPS) is 18.0. The first-order valence-corrected chi connectivity index (χ1v) is 8.92. The van der Waals surface area contributed by atoms with Gasteiger partial charge in [0.1, 0.15) is 18.4 Å². The number of rotatable bonds is 6. The predicted octanol–water partition coefficient (Wildman–Crippen LogP) is 4.36. The van der Waals surface area contributed by atoms with E-state index in [2.05, 4.69) is 0 Å². The van der Waals surface area contributed by atoms with Crippen molar-refractivity contribution >= 4 is 17.6 Å². The van der Waals surface area contributed by atoms with Gasteiger partial charge in [-0.3, -0.25) is 9.69 Å². The molecule has 0 amide bonds. The molecule has 25 heavy (non-hydrogen) atoms. The van der Waals surface area contributed by atoms with Crippen molar-refractivity contribution in [2.75, 3.05) is 6.54 Å². The van der Waals surface area contributed by atoms with Crippen LogP contribution in [0.5, 0.6) is 5.75 Å². The lowest BCUT2D eigenvalue weighted by Gasteiger charge is -2.32. The number of likely N-dealkylation sites (tertiary alicyclic amines) is 1. The number of nitrogens with zero attached hydrogens (tertiary/aromatic N) is 1. The molecule has 0 aliphatic carbocycles. The van der Waals surface area contributed by atoms with Crippen molar-refractivity contribution in [3.05, 3.63) is 64.7 Å². The van der Waals surface area contributed by atoms with Crippen LogP contribution < -0.4 is 4.74 Å². The van der Waals surface area contributed by atoms with Crippen LogP contribution in [0, 0.1) is 0 Å². The molecule has 0 radical (unpaired) electrons. The zero-order chi connectivity index (χ0) is 17.6. The third-order valence-corrected chi connectivity index (χ3v) is 4.75. The molecule has 1 aliphatic heterocycles. The number of halogens is 1. The Bertz CT molecular complexity index is 717. The second kappa shape index (κ2) is 8.37. The second-order valence-corrected chi connectivity index (χ2v) is 6.82. The molecule has 1 N–H and O–H groups in total. The molecule has 2 aromatic rings. The number of ether oxygens (including phenoxy) is 1. The summed E-state index contributed by atoms with van der Waals surface area (Å²) in [6, 6.07) is 15.1. The first-order chi connectivity index (χ1) is 12.1. The molecule has 3 rings (SSSR count). The lowest BCUT2D eigenvalue weighted by Crippen LogP contribution is -2.43. The molecule has 0 aromatic heterocycles. The monoisotopic (exact) mass is 359 g/mol. The van der Waals surface area contributed by atoms with E-state index in [1.165, 1.54) is 0 Å². The minimum absolute atomic E-state index is 0.382. The number of hydrogen-bond acceptors (Lipinski definition) is 3. The number of carbonyl (C=O) groups is 1. The van der Waals surface area contributed by atoms with Crippen molar-refractivity contribution < 1.29 is 14.6 Å². The highest BCUT2D eigenvalue weighted by Gasteiger charge is 2.28. The molecule has 1 atom stereocenters. The van der Waals surface area contributed by atoms with Gasteiger partial charge in [0.25, 0.3) is 0 Å². The summed E-state index contributed by atoms with van der Waals surface area (Å²) in [5.41, 5.74) is 2.12. The summed E-state index contributed by atoms with van der Waals surface area (Å²) < 4.78 is 5.86. The summed E-state index contributed by atoms with van der Waals surface area (Å²) in [5, 5.41) is 10.1. The first kappa shape index (κ1) is 17.8. The maximum Gasteiger partial charge on any atom is 0.320 e. The maximum absolute atomic E-state index is 11.4. The van der Waals surface area contributed by atoms with Gasteiger partial charge in [0.05, 0.1) is 0 Å². The van der Waals surface area contributed by atoms with Crippen LogP contribution in [0.3, 0.4) is 0 Å². The highest BCUT2D eigenvalue weighted by Crippen LogP contribution is 2.22. The summed E-state index contributed by atoms with van der Waals surface area (Å²) in [5.74, 6) is 0.0613. The lowest BCUT2D eigenvalue weighted by molar-refractivity contribution is -0.144. The number of aliphatic carboxylic acids is 1. The summed E-state index contributed by atoms with van der Waals surface area (Å²) in [6.45, 7) is 1.93. The van der Waals surface area contributed by atoms with E-state index in [0.717, 1.165) is 42.7 Å². The van der Waals surface area contributed by atoms with Crippen LogP contribution in [-0.2, 0) is 17.9 Å². The van der Waals surface area contributed by atoms with Crippen molar-refractivity contribution in [1.82, 2.24) is 4.90 Å². The number of carboxylic acids is 1. The summed E-state index contributed by atoms with van der Waals surface area (Å²) in [4.78, 5) is 13.5. The van der Waals surface area contributed by atoms with Gasteiger partial charge in [-0.05, 0) is 54.8 Å². The summed E-state index contributed by atoms with van der Waals surface area (Å²) in [7, 11) is 0. The topological polar surface area (TPSA) is 49.8 Å². The minimum atomic E-state index is -0.727. The van der Waals surface area contributed by atoms with Crippen molar-refractivity contribution in [3.63, 3.8) is 0 Å². The highest BCUT2D eigenvalue weighted by molar-refractivity contribution is 6.30. The number of piperidine rings is 1. The molecule has 1 aliphatic rings. The number of benzene rings is 2. The maximum atomic E-state index is 11.4. The SMILES string of the molecule is O=C(O)C1CCCCN1Cc1cccc(OCc2ccc(Cl)cc2)c1. The zero-order valence-corrected chi connectivity index (χ0v) is 14.8. The fraction of sp³-hybridized carbons (Fsp3) is 0.350. The molecular weight excluding hydrogens is 338 g/mol. The highest BCUT2D eigenvalue weighted by atomic mass is 35.5. The van der Waals surface area contributed by atoms with E-state index in [1.54, 1.807) is 0 Å². The van der Waals surface area contributed by atoms with Crippen LogP contribution in [0.25, 0.3) is 0 Å². The van der Waals surface area contributed by atoms with Gasteiger partial charge in [0.2, 0.25) is 0 Å². The average Bonchev–Trinajstić information content (AvgIpc) is 2.62. The Morgan fingerprint density at radius 1 is 1.16 bits per heavy atom. The van der Waals surface area contributed by atoms with Crippen LogP contribution >= 0.6 is 11.6 Å². The molecule has 132 valence electrons. The number of hydrogen-bond donors (Lipinski definition) is 1. The van der Waals surface area contributed by atoms with Crippen LogP contribution in [0.2, 0.25) is 5.02 Å². The fourth-order valence-corrected chi connectivity index (χ4v) is 3.30. The van der Waals surface area contributed by atoms with Crippen LogP contribution in [0.4, 0.5) is 0 Å². The Hall–Kier alpha value is -2.04. The molecular formula is C20H22ClNO3. The average molecular weight is 360 g/mol. The Morgan fingerprint density at radius 2 is 1.96 bits per heavy atom. The van der Waals surface area contributed by atoms with Gasteiger partial charge in [-0.2, -0.15) is 0 Å². The first-order valence-electron chi connectivity index (χ1n) is 8.55. The van der Waals surface area contributed by atoms with Crippen molar-refractivity contribution in [3.8, 4) is 5.75 Å². The van der Waals surface area contributed by atoms with E-state index in [0.29, 0.717) is 18.2 Å². The molecule has 0 spiro atoms. The van der Waals surface area contributed by atoms with Gasteiger partial charge < -0.3 is 9.84 Å². The van der Waals surface area contributed by atoms with Crippen molar-refractivity contribution in [1.29, 1.82) is 0 Å². The Labute approximate surface area is 153 Å². The Morgan fingerprint density at radius 3 is 2.72 bits per heavy atom. The van der Waals surface area contributed by atoms with Gasteiger partial charge >= 0.3 is 5.97 Å². The summed E-state index contributed by atoms with van der Waals surface area (Å²) >= 11 is 5.89. The van der Waals surface area contributed by atoms with E-state index in [1.807, 2.05) is 53.4 Å². The van der Waals surface area contributed by atoms with Gasteiger partial charge in [0, 0.05) is 11.6 Å². The molecule has 5 heteroatoms. The van der Waals surface area contributed by atoms with Gasteiger partial charge in [-0.25, -0.2) is 0 Å². The fourth-order valence-electron chi connectivity index (χ4n) is 3.18. The quantitative estimate of drug-likeness (QED) is 0.832. The van der Waals surface area contributed by atoms with Crippen LogP contribution in [0.15, 0.2) is 48.5 Å². The molecule has 1 saturated heterocycles. The molecule has 2 aromatic carbocycles. The molecule has 4 nitrogen and oxygen atoms in total. The third kappa shape index (κ3) is 4.97. The molecule has 1 heterocycles. The van der Waals surface area contributed by atoms with Gasteiger partial charge in [0.15, 0.2) is 0 Å². The third-order valence-electron chi connectivity index (χ3n) is 4.50. The van der Waals surface area contributed by atoms with E-state index in [9.17, 15) is 9.90 Å². The van der Waals surface area contributed by atoms with E-state index in [4.69, 9.17) is 16.3 Å². The standard InChI is InChI=1S/C20H22ClNO3/c21-17-9-7-15(8-10-17)14-25-18-5-3-4-16(12-18)13-22-11-2-1-6-19(22)20(23)24/h3-5,7-10,12,19H,1-2,6,11,13-14H2,(H,23,24). The summed E-state index contributed by atoms with van der Waals surface area (Å²) in [6.07, 6.45) is 2.76. The van der Waals surface area contributed by atoms with Crippen molar-refractivity contribution in [2.24, 2.45) is 0 Å². The zero-order valence-electron chi connectivity index (χ0n) is 14.0. The van der Waals surface area contributed by atoms with Crippen LogP contribution in [-0.4, -0.2) is 28.6 Å². The smallest absolute Gasteiger partial charge is 0.320 e.